The summed E-state index contributed by atoms with van der Waals surface area (Å²) in [4.78, 5) is 13.1. The highest BCUT2D eigenvalue weighted by atomic mass is 32.2. The first-order valence-corrected chi connectivity index (χ1v) is 10.6. The van der Waals surface area contributed by atoms with Crippen LogP contribution in [0.25, 0.3) is 0 Å². The Morgan fingerprint density at radius 2 is 1.70 bits per heavy atom. The number of sulfonamides is 1. The van der Waals surface area contributed by atoms with Crippen molar-refractivity contribution in [2.75, 3.05) is 13.1 Å². The van der Waals surface area contributed by atoms with E-state index in [0.29, 0.717) is 48.6 Å². The van der Waals surface area contributed by atoms with Crippen molar-refractivity contribution in [3.8, 4) is 5.75 Å². The van der Waals surface area contributed by atoms with Crippen molar-refractivity contribution in [3.63, 3.8) is 0 Å². The van der Waals surface area contributed by atoms with Gasteiger partial charge >= 0.3 is 0 Å². The number of ketones is 1. The molecular formula is C21H23NO4S. The van der Waals surface area contributed by atoms with Crippen LogP contribution in [0.2, 0.25) is 0 Å². The van der Waals surface area contributed by atoms with Crippen LogP contribution in [0.3, 0.4) is 0 Å². The Labute approximate surface area is 160 Å². The van der Waals surface area contributed by atoms with Crippen LogP contribution in [-0.4, -0.2) is 37.2 Å². The molecule has 0 saturated carbocycles. The van der Waals surface area contributed by atoms with E-state index in [1.807, 2.05) is 26.0 Å². The maximum Gasteiger partial charge on any atom is 0.243 e. The molecule has 0 amide bonds. The third-order valence-corrected chi connectivity index (χ3v) is 7.46. The predicted molar refractivity (Wildman–Crippen MR) is 103 cm³/mol. The van der Waals surface area contributed by atoms with Crippen LogP contribution in [-0.2, 0) is 10.0 Å². The van der Waals surface area contributed by atoms with E-state index in [9.17, 15) is 13.2 Å². The third kappa shape index (κ3) is 3.17. The number of fused-ring (bicyclic) bond motifs is 1. The number of nitrogens with zero attached hydrogens (tertiary/aromatic N) is 1. The van der Waals surface area contributed by atoms with Gasteiger partial charge in [0.25, 0.3) is 0 Å². The summed E-state index contributed by atoms with van der Waals surface area (Å²) in [6.45, 7) is 4.62. The van der Waals surface area contributed by atoms with Gasteiger partial charge in [-0.1, -0.05) is 24.3 Å². The highest BCUT2D eigenvalue weighted by Gasteiger charge is 2.45. The summed E-state index contributed by atoms with van der Waals surface area (Å²) >= 11 is 0. The highest BCUT2D eigenvalue weighted by molar-refractivity contribution is 7.89. The number of ether oxygens (including phenoxy) is 1. The maximum absolute atomic E-state index is 12.8. The lowest BCUT2D eigenvalue weighted by Gasteiger charge is -2.43. The van der Waals surface area contributed by atoms with Crippen LogP contribution in [0.5, 0.6) is 5.75 Å². The normalized spacial score (nSPS) is 19.6. The molecule has 1 saturated heterocycles. The molecule has 2 aromatic rings. The lowest BCUT2D eigenvalue weighted by molar-refractivity contribution is 0.00578. The van der Waals surface area contributed by atoms with Gasteiger partial charge in [0.2, 0.25) is 10.0 Å². The Hall–Kier alpha value is -2.18. The minimum Gasteiger partial charge on any atom is -0.486 e. The molecule has 27 heavy (non-hydrogen) atoms. The molecule has 2 aliphatic heterocycles. The van der Waals surface area contributed by atoms with E-state index in [1.165, 1.54) is 4.31 Å². The van der Waals surface area contributed by atoms with E-state index in [-0.39, 0.29) is 5.78 Å². The van der Waals surface area contributed by atoms with E-state index in [2.05, 4.69) is 0 Å². The first-order chi connectivity index (χ1) is 12.8. The lowest BCUT2D eigenvalue weighted by Crippen LogP contribution is -2.52. The average molecular weight is 385 g/mol. The Balaban J connectivity index is 1.56. The fourth-order valence-corrected chi connectivity index (χ4v) is 5.63. The first-order valence-electron chi connectivity index (χ1n) is 9.19. The van der Waals surface area contributed by atoms with E-state index in [1.54, 1.807) is 30.3 Å². The predicted octanol–water partition coefficient (Wildman–Crippen LogP) is 3.49. The zero-order valence-corrected chi connectivity index (χ0v) is 16.4. The second-order valence-electron chi connectivity index (χ2n) is 7.56. The van der Waals surface area contributed by atoms with Crippen LogP contribution in [0.15, 0.2) is 47.4 Å². The largest absolute Gasteiger partial charge is 0.486 e. The molecule has 2 aromatic carbocycles. The summed E-state index contributed by atoms with van der Waals surface area (Å²) in [5.74, 6) is 0.733. The van der Waals surface area contributed by atoms with Gasteiger partial charge in [-0.15, -0.1) is 0 Å². The summed E-state index contributed by atoms with van der Waals surface area (Å²) in [5, 5.41) is 0. The number of hydrogen-bond donors (Lipinski definition) is 0. The van der Waals surface area contributed by atoms with Crippen LogP contribution in [0.1, 0.15) is 40.7 Å². The minimum atomic E-state index is -3.51. The smallest absolute Gasteiger partial charge is 0.243 e. The summed E-state index contributed by atoms with van der Waals surface area (Å²) in [6.07, 6.45) is 1.33. The first kappa shape index (κ1) is 18.2. The second kappa shape index (κ2) is 6.46. The summed E-state index contributed by atoms with van der Waals surface area (Å²) in [5.41, 5.74) is 2.06. The van der Waals surface area contributed by atoms with Crippen molar-refractivity contribution in [2.24, 2.45) is 0 Å². The number of carbonyl (C=O) groups is 1. The quantitative estimate of drug-likeness (QED) is 0.794. The lowest BCUT2D eigenvalue weighted by atomic mass is 9.82. The molecule has 0 atom stereocenters. The molecule has 6 heteroatoms. The molecule has 2 heterocycles. The van der Waals surface area contributed by atoms with E-state index in [0.717, 1.165) is 11.1 Å². The van der Waals surface area contributed by atoms with Gasteiger partial charge in [-0.05, 0) is 43.2 Å². The number of hydrogen-bond acceptors (Lipinski definition) is 4. The molecule has 0 aliphatic carbocycles. The van der Waals surface area contributed by atoms with Crippen molar-refractivity contribution in [1.82, 2.24) is 4.31 Å². The van der Waals surface area contributed by atoms with Crippen molar-refractivity contribution < 1.29 is 17.9 Å². The van der Waals surface area contributed by atoms with E-state index < -0.39 is 15.6 Å². The molecule has 1 spiro atoms. The van der Waals surface area contributed by atoms with Gasteiger partial charge in [-0.25, -0.2) is 8.42 Å². The van der Waals surface area contributed by atoms with Gasteiger partial charge in [0.05, 0.1) is 16.9 Å². The second-order valence-corrected chi connectivity index (χ2v) is 9.50. The molecule has 1 fully saturated rings. The summed E-state index contributed by atoms with van der Waals surface area (Å²) in [7, 11) is -3.51. The fourth-order valence-electron chi connectivity index (χ4n) is 4.17. The summed E-state index contributed by atoms with van der Waals surface area (Å²) < 4.78 is 33.5. The zero-order valence-electron chi connectivity index (χ0n) is 15.6. The molecule has 0 unspecified atom stereocenters. The number of rotatable bonds is 2. The number of carbonyl (C=O) groups excluding carboxylic acids is 1. The van der Waals surface area contributed by atoms with Gasteiger partial charge in [-0.2, -0.15) is 4.31 Å². The van der Waals surface area contributed by atoms with Gasteiger partial charge in [0, 0.05) is 25.9 Å². The van der Waals surface area contributed by atoms with Crippen LogP contribution < -0.4 is 4.74 Å². The van der Waals surface area contributed by atoms with Gasteiger partial charge in [0.1, 0.15) is 11.4 Å². The Bertz CT molecular complexity index is 990. The van der Waals surface area contributed by atoms with Crippen LogP contribution in [0, 0.1) is 13.8 Å². The number of aryl methyl sites for hydroxylation is 2. The van der Waals surface area contributed by atoms with E-state index >= 15 is 0 Å². The molecule has 0 bridgehead atoms. The standard InChI is InChI=1S/C21H23NO4S/c1-15-12-16(2)20-18(23)14-21(26-19(20)13-15)8-10-22(11-9-21)27(24,25)17-6-4-3-5-7-17/h3-7,12-13H,8-11,14H2,1-2H3. The number of Topliss-reactive ketones (excluding diaryl/α,β-unsaturated/α-hetero) is 1. The fraction of sp³-hybridized carbons (Fsp3) is 0.381. The molecule has 142 valence electrons. The third-order valence-electron chi connectivity index (χ3n) is 5.55. The van der Waals surface area contributed by atoms with Crippen LogP contribution in [0.4, 0.5) is 0 Å². The summed E-state index contributed by atoms with van der Waals surface area (Å²) in [6, 6.07) is 12.4. The maximum atomic E-state index is 12.8. The van der Waals surface area contributed by atoms with Gasteiger partial charge in [0.15, 0.2) is 5.78 Å². The number of benzene rings is 2. The monoisotopic (exact) mass is 385 g/mol. The zero-order chi connectivity index (χ0) is 19.2. The van der Waals surface area contributed by atoms with Gasteiger partial charge in [-0.3, -0.25) is 4.79 Å². The SMILES string of the molecule is Cc1cc(C)c2c(c1)OC1(CCN(S(=O)(=O)c3ccccc3)CC1)CC2=O. The average Bonchev–Trinajstić information content (AvgIpc) is 2.61. The highest BCUT2D eigenvalue weighted by Crippen LogP contribution is 2.41. The molecular weight excluding hydrogens is 362 g/mol. The molecule has 0 radical (unpaired) electrons. The molecule has 0 aromatic heterocycles. The van der Waals surface area contributed by atoms with E-state index in [4.69, 9.17) is 4.74 Å². The minimum absolute atomic E-state index is 0.0908. The van der Waals surface area contributed by atoms with Crippen molar-refractivity contribution in [2.45, 2.75) is 43.6 Å². The van der Waals surface area contributed by atoms with Crippen LogP contribution >= 0.6 is 0 Å². The molecule has 4 rings (SSSR count). The number of piperidine rings is 1. The molecule has 5 nitrogen and oxygen atoms in total. The van der Waals surface area contributed by atoms with Gasteiger partial charge < -0.3 is 4.74 Å². The Kier molecular flexibility index (Phi) is 4.35. The molecule has 2 aliphatic rings. The molecule has 0 N–H and O–H groups in total. The van der Waals surface area contributed by atoms with Crippen molar-refractivity contribution >= 4 is 15.8 Å². The Morgan fingerprint density at radius 3 is 2.37 bits per heavy atom. The van der Waals surface area contributed by atoms with Crippen molar-refractivity contribution in [3.05, 3.63) is 59.2 Å². The Morgan fingerprint density at radius 1 is 1.04 bits per heavy atom. The topological polar surface area (TPSA) is 63.7 Å². The van der Waals surface area contributed by atoms with Crippen molar-refractivity contribution in [1.29, 1.82) is 0 Å².